The average molecular weight is 400 g/mol. The van der Waals surface area contributed by atoms with Gasteiger partial charge in [-0.1, -0.05) is 19.3 Å². The summed E-state index contributed by atoms with van der Waals surface area (Å²) < 4.78 is 56.9. The van der Waals surface area contributed by atoms with Crippen LogP contribution >= 0.6 is 0 Å². The summed E-state index contributed by atoms with van der Waals surface area (Å²) in [4.78, 5) is 13.6. The Balaban J connectivity index is 1.52. The Morgan fingerprint density at radius 1 is 1.00 bits per heavy atom. The summed E-state index contributed by atoms with van der Waals surface area (Å²) in [6.45, 7) is -0.0256. The SMILES string of the molecule is O=c1[nH]c2cc(S(=O)(=O)N3CC(S(=O)(=O)C4CCCCC4)C3)ccc2o1. The zero-order valence-corrected chi connectivity index (χ0v) is 15.7. The van der Waals surface area contributed by atoms with Crippen molar-refractivity contribution < 1.29 is 21.3 Å². The fourth-order valence-electron chi connectivity index (χ4n) is 3.71. The minimum atomic E-state index is -3.80. The fraction of sp³-hybridized carbons (Fsp3) is 0.562. The molecule has 2 fully saturated rings. The third-order valence-corrected chi connectivity index (χ3v) is 9.78. The highest BCUT2D eigenvalue weighted by Gasteiger charge is 2.46. The van der Waals surface area contributed by atoms with Crippen LogP contribution in [0, 0.1) is 0 Å². The molecule has 2 aliphatic rings. The lowest BCUT2D eigenvalue weighted by atomic mass is 10.0. The maximum absolute atomic E-state index is 12.7. The predicted molar refractivity (Wildman–Crippen MR) is 95.2 cm³/mol. The second kappa shape index (κ2) is 6.21. The number of oxazole rings is 1. The summed E-state index contributed by atoms with van der Waals surface area (Å²) in [5.41, 5.74) is 0.568. The minimum Gasteiger partial charge on any atom is -0.408 e. The van der Waals surface area contributed by atoms with Crippen LogP contribution in [-0.2, 0) is 19.9 Å². The van der Waals surface area contributed by atoms with Crippen molar-refractivity contribution >= 4 is 31.0 Å². The van der Waals surface area contributed by atoms with Crippen LogP contribution in [0.1, 0.15) is 32.1 Å². The zero-order chi connectivity index (χ0) is 18.5. The van der Waals surface area contributed by atoms with E-state index in [9.17, 15) is 21.6 Å². The molecule has 0 amide bonds. The van der Waals surface area contributed by atoms with Gasteiger partial charge in [0.2, 0.25) is 10.0 Å². The monoisotopic (exact) mass is 400 g/mol. The predicted octanol–water partition coefficient (Wildman–Crippen LogP) is 1.24. The molecule has 2 aromatic rings. The molecule has 1 aliphatic heterocycles. The number of sulfone groups is 1. The van der Waals surface area contributed by atoms with Gasteiger partial charge < -0.3 is 4.42 Å². The van der Waals surface area contributed by atoms with E-state index in [4.69, 9.17) is 4.42 Å². The van der Waals surface area contributed by atoms with E-state index in [2.05, 4.69) is 4.98 Å². The third-order valence-electron chi connectivity index (χ3n) is 5.32. The van der Waals surface area contributed by atoms with Crippen molar-refractivity contribution in [2.24, 2.45) is 0 Å². The number of hydrogen-bond donors (Lipinski definition) is 1. The number of aromatic nitrogens is 1. The smallest absolute Gasteiger partial charge is 0.408 e. The number of nitrogens with zero attached hydrogens (tertiary/aromatic N) is 1. The van der Waals surface area contributed by atoms with Crippen LogP contribution in [0.2, 0.25) is 0 Å². The largest absolute Gasteiger partial charge is 0.417 e. The van der Waals surface area contributed by atoms with Gasteiger partial charge in [-0.25, -0.2) is 21.6 Å². The highest BCUT2D eigenvalue weighted by molar-refractivity contribution is 7.93. The fourth-order valence-corrected chi connectivity index (χ4v) is 7.77. The molecule has 0 spiro atoms. The number of aromatic amines is 1. The standard InChI is InChI=1S/C16H20N2O6S2/c19-16-17-14-8-12(6-7-15(14)24-16)26(22,23)18-9-13(10-18)25(20,21)11-4-2-1-3-5-11/h6-8,11,13H,1-5,9-10H2,(H,17,19). The topological polar surface area (TPSA) is 118 Å². The second-order valence-electron chi connectivity index (χ2n) is 6.97. The normalized spacial score (nSPS) is 21.1. The molecule has 0 unspecified atom stereocenters. The van der Waals surface area contributed by atoms with Crippen molar-refractivity contribution in [3.05, 3.63) is 28.7 Å². The lowest BCUT2D eigenvalue weighted by Crippen LogP contribution is -2.58. The van der Waals surface area contributed by atoms with Gasteiger partial charge in [-0.2, -0.15) is 4.31 Å². The molecule has 2 heterocycles. The first-order valence-electron chi connectivity index (χ1n) is 8.64. The number of fused-ring (bicyclic) bond motifs is 1. The zero-order valence-electron chi connectivity index (χ0n) is 14.0. The molecule has 10 heteroatoms. The number of nitrogens with one attached hydrogen (secondary N) is 1. The lowest BCUT2D eigenvalue weighted by molar-refractivity contribution is 0.306. The molecule has 1 saturated heterocycles. The van der Waals surface area contributed by atoms with E-state index in [1.54, 1.807) is 0 Å². The number of hydrogen-bond acceptors (Lipinski definition) is 6. The van der Waals surface area contributed by atoms with Gasteiger partial charge in [0, 0.05) is 13.1 Å². The van der Waals surface area contributed by atoms with E-state index in [0.717, 1.165) is 19.3 Å². The molecular formula is C16H20N2O6S2. The van der Waals surface area contributed by atoms with Crippen LogP contribution in [0.3, 0.4) is 0 Å². The molecule has 1 N–H and O–H groups in total. The summed E-state index contributed by atoms with van der Waals surface area (Å²) >= 11 is 0. The van der Waals surface area contributed by atoms with Crippen molar-refractivity contribution in [3.63, 3.8) is 0 Å². The number of rotatable bonds is 4. The Morgan fingerprint density at radius 2 is 1.69 bits per heavy atom. The van der Waals surface area contributed by atoms with E-state index in [1.807, 2.05) is 0 Å². The Kier molecular flexibility index (Phi) is 4.24. The van der Waals surface area contributed by atoms with Crippen molar-refractivity contribution in [3.8, 4) is 0 Å². The number of H-pyrrole nitrogens is 1. The van der Waals surface area contributed by atoms with Crippen molar-refractivity contribution in [1.29, 1.82) is 0 Å². The molecule has 142 valence electrons. The summed E-state index contributed by atoms with van der Waals surface area (Å²) in [6.07, 6.45) is 4.26. The van der Waals surface area contributed by atoms with E-state index >= 15 is 0 Å². The molecule has 8 nitrogen and oxygen atoms in total. The van der Waals surface area contributed by atoms with Crippen LogP contribution < -0.4 is 5.76 Å². The first-order valence-corrected chi connectivity index (χ1v) is 11.7. The summed E-state index contributed by atoms with van der Waals surface area (Å²) in [5.74, 6) is -0.655. The van der Waals surface area contributed by atoms with Crippen molar-refractivity contribution in [2.75, 3.05) is 13.1 Å². The van der Waals surface area contributed by atoms with Crippen molar-refractivity contribution in [2.45, 2.75) is 47.5 Å². The van der Waals surface area contributed by atoms with Crippen LogP contribution in [0.5, 0.6) is 0 Å². The van der Waals surface area contributed by atoms with Gasteiger partial charge in [0.1, 0.15) is 0 Å². The Morgan fingerprint density at radius 3 is 2.38 bits per heavy atom. The van der Waals surface area contributed by atoms with Crippen LogP contribution in [0.15, 0.2) is 32.3 Å². The highest BCUT2D eigenvalue weighted by Crippen LogP contribution is 2.32. The average Bonchev–Trinajstić information content (AvgIpc) is 2.92. The maximum Gasteiger partial charge on any atom is 0.417 e. The third kappa shape index (κ3) is 2.89. The van der Waals surface area contributed by atoms with Gasteiger partial charge >= 0.3 is 5.76 Å². The molecule has 1 saturated carbocycles. The van der Waals surface area contributed by atoms with E-state index in [-0.39, 0.29) is 28.8 Å². The summed E-state index contributed by atoms with van der Waals surface area (Å²) in [5, 5.41) is -0.962. The van der Waals surface area contributed by atoms with Gasteiger partial charge in [-0.3, -0.25) is 4.98 Å². The molecule has 4 rings (SSSR count). The van der Waals surface area contributed by atoms with E-state index < -0.39 is 30.9 Å². The lowest BCUT2D eigenvalue weighted by Gasteiger charge is -2.39. The Labute approximate surface area is 151 Å². The Hall–Kier alpha value is -1.65. The molecule has 1 aliphatic carbocycles. The molecule has 0 radical (unpaired) electrons. The molecule has 1 aromatic heterocycles. The first-order chi connectivity index (χ1) is 12.3. The van der Waals surface area contributed by atoms with E-state index in [0.29, 0.717) is 18.4 Å². The highest BCUT2D eigenvalue weighted by atomic mass is 32.2. The molecule has 0 atom stereocenters. The van der Waals surface area contributed by atoms with Crippen molar-refractivity contribution in [1.82, 2.24) is 9.29 Å². The number of benzene rings is 1. The van der Waals surface area contributed by atoms with Crippen LogP contribution in [-0.4, -0.2) is 49.7 Å². The quantitative estimate of drug-likeness (QED) is 0.825. The Bertz CT molecular complexity index is 1090. The first kappa shape index (κ1) is 17.7. The van der Waals surface area contributed by atoms with Gasteiger partial charge in [-0.05, 0) is 31.0 Å². The summed E-state index contributed by atoms with van der Waals surface area (Å²) in [6, 6.07) is 4.10. The van der Waals surface area contributed by atoms with Crippen LogP contribution in [0.4, 0.5) is 0 Å². The van der Waals surface area contributed by atoms with E-state index in [1.165, 1.54) is 22.5 Å². The molecule has 1 aromatic carbocycles. The second-order valence-corrected chi connectivity index (χ2v) is 11.4. The van der Waals surface area contributed by atoms with Crippen LogP contribution in [0.25, 0.3) is 11.1 Å². The van der Waals surface area contributed by atoms with Gasteiger partial charge in [0.15, 0.2) is 15.4 Å². The minimum absolute atomic E-state index is 0.00978. The van der Waals surface area contributed by atoms with Gasteiger partial charge in [0.05, 0.1) is 20.9 Å². The van der Waals surface area contributed by atoms with Gasteiger partial charge in [-0.15, -0.1) is 0 Å². The molecule has 26 heavy (non-hydrogen) atoms. The summed E-state index contributed by atoms with van der Waals surface area (Å²) in [7, 11) is -7.10. The maximum atomic E-state index is 12.7. The van der Waals surface area contributed by atoms with Gasteiger partial charge in [0.25, 0.3) is 0 Å². The molecule has 0 bridgehead atoms. The molecular weight excluding hydrogens is 380 g/mol. The number of sulfonamides is 1.